The Labute approximate surface area is 195 Å². The highest BCUT2D eigenvalue weighted by molar-refractivity contribution is 5.92. The summed E-state index contributed by atoms with van der Waals surface area (Å²) in [4.78, 5) is 40.2. The molecule has 0 bridgehead atoms. The number of rotatable bonds is 12. The number of primary amides is 1. The van der Waals surface area contributed by atoms with Gasteiger partial charge in [-0.1, -0.05) is 62.7 Å². The Morgan fingerprint density at radius 2 is 1.67 bits per heavy atom. The number of nitrogens with zero attached hydrogens (tertiary/aromatic N) is 1. The van der Waals surface area contributed by atoms with E-state index in [9.17, 15) is 19.5 Å². The highest BCUT2D eigenvalue weighted by Crippen LogP contribution is 2.21. The molecule has 0 aromatic heterocycles. The Morgan fingerprint density at radius 3 is 2.21 bits per heavy atom. The third-order valence-corrected chi connectivity index (χ3v) is 5.67. The fourth-order valence-corrected chi connectivity index (χ4v) is 3.72. The number of benzene rings is 2. The molecule has 3 amide bonds. The van der Waals surface area contributed by atoms with Gasteiger partial charge in [-0.2, -0.15) is 0 Å². The molecule has 178 valence electrons. The molecule has 0 heterocycles. The van der Waals surface area contributed by atoms with Gasteiger partial charge in [-0.25, -0.2) is 0 Å². The van der Waals surface area contributed by atoms with Crippen LogP contribution in [0.2, 0.25) is 0 Å². The van der Waals surface area contributed by atoms with Crippen LogP contribution in [0.1, 0.15) is 37.8 Å². The largest absolute Gasteiger partial charge is 0.508 e. The lowest BCUT2D eigenvalue weighted by atomic mass is 9.94. The van der Waals surface area contributed by atoms with Gasteiger partial charge in [0.2, 0.25) is 17.7 Å². The number of hydrogen-bond acceptors (Lipinski definition) is 5. The standard InChI is InChI=1S/C25H34N4O4/c1-3-17(2)23(24(27)32)29(16-19-7-5-4-6-8-19)25(33)21(28-22(31)13-14-26)15-18-9-11-20(30)12-10-18/h4-12,17,21,23,30H,3,13-16,26H2,1-2H3,(H2,27,32)(H,28,31)/t17-,21-,23-/m0/s1. The average Bonchev–Trinajstić information content (AvgIpc) is 2.79. The number of carbonyl (C=O) groups is 3. The maximum atomic E-state index is 13.8. The van der Waals surface area contributed by atoms with Gasteiger partial charge in [0.05, 0.1) is 0 Å². The van der Waals surface area contributed by atoms with Crippen LogP contribution in [0.25, 0.3) is 0 Å². The molecule has 0 fully saturated rings. The highest BCUT2D eigenvalue weighted by Gasteiger charge is 2.36. The predicted octanol–water partition coefficient (Wildman–Crippen LogP) is 1.70. The first-order valence-electron chi connectivity index (χ1n) is 11.2. The van der Waals surface area contributed by atoms with E-state index in [4.69, 9.17) is 11.5 Å². The minimum absolute atomic E-state index is 0.0721. The second kappa shape index (κ2) is 12.6. The molecule has 0 saturated heterocycles. The van der Waals surface area contributed by atoms with Gasteiger partial charge in [0.1, 0.15) is 17.8 Å². The van der Waals surface area contributed by atoms with Gasteiger partial charge in [-0.3, -0.25) is 14.4 Å². The predicted molar refractivity (Wildman–Crippen MR) is 127 cm³/mol. The van der Waals surface area contributed by atoms with Gasteiger partial charge in [0.15, 0.2) is 0 Å². The van der Waals surface area contributed by atoms with Crippen molar-refractivity contribution < 1.29 is 19.5 Å². The zero-order valence-electron chi connectivity index (χ0n) is 19.2. The Morgan fingerprint density at radius 1 is 1.03 bits per heavy atom. The lowest BCUT2D eigenvalue weighted by molar-refractivity contribution is -0.144. The molecule has 0 radical (unpaired) electrons. The Balaban J connectivity index is 2.44. The van der Waals surface area contributed by atoms with E-state index < -0.39 is 23.9 Å². The Hall–Kier alpha value is -3.39. The van der Waals surface area contributed by atoms with Crippen molar-refractivity contribution in [1.82, 2.24) is 10.2 Å². The zero-order chi connectivity index (χ0) is 24.4. The molecule has 0 spiro atoms. The van der Waals surface area contributed by atoms with Crippen LogP contribution in [-0.2, 0) is 27.3 Å². The van der Waals surface area contributed by atoms with Crippen molar-refractivity contribution in [3.05, 3.63) is 65.7 Å². The van der Waals surface area contributed by atoms with Gasteiger partial charge in [0, 0.05) is 25.9 Å². The van der Waals surface area contributed by atoms with Crippen LogP contribution in [0.4, 0.5) is 0 Å². The molecule has 0 aliphatic carbocycles. The number of nitrogens with two attached hydrogens (primary N) is 2. The van der Waals surface area contributed by atoms with E-state index in [2.05, 4.69) is 5.32 Å². The number of phenols is 1. The van der Waals surface area contributed by atoms with Crippen LogP contribution in [-0.4, -0.2) is 46.4 Å². The molecule has 0 aliphatic heterocycles. The van der Waals surface area contributed by atoms with E-state index in [1.165, 1.54) is 17.0 Å². The molecule has 33 heavy (non-hydrogen) atoms. The molecule has 2 aromatic rings. The summed E-state index contributed by atoms with van der Waals surface area (Å²) in [6.45, 7) is 4.14. The molecule has 6 N–H and O–H groups in total. The summed E-state index contributed by atoms with van der Waals surface area (Å²) < 4.78 is 0. The topological polar surface area (TPSA) is 139 Å². The number of carbonyl (C=O) groups excluding carboxylic acids is 3. The van der Waals surface area contributed by atoms with Crippen molar-refractivity contribution >= 4 is 17.7 Å². The summed E-state index contributed by atoms with van der Waals surface area (Å²) in [6.07, 6.45) is 0.906. The van der Waals surface area contributed by atoms with Crippen LogP contribution < -0.4 is 16.8 Å². The van der Waals surface area contributed by atoms with Crippen molar-refractivity contribution in [3.63, 3.8) is 0 Å². The molecule has 8 heteroatoms. The smallest absolute Gasteiger partial charge is 0.246 e. The van der Waals surface area contributed by atoms with Crippen LogP contribution in [0.3, 0.4) is 0 Å². The van der Waals surface area contributed by atoms with Crippen LogP contribution >= 0.6 is 0 Å². The first-order valence-corrected chi connectivity index (χ1v) is 11.2. The molecule has 3 atom stereocenters. The summed E-state index contributed by atoms with van der Waals surface area (Å²) in [6, 6.07) is 14.0. The van der Waals surface area contributed by atoms with Crippen LogP contribution in [0.5, 0.6) is 5.75 Å². The zero-order valence-corrected chi connectivity index (χ0v) is 19.2. The first-order chi connectivity index (χ1) is 15.8. The highest BCUT2D eigenvalue weighted by atomic mass is 16.3. The van der Waals surface area contributed by atoms with E-state index >= 15 is 0 Å². The molecule has 0 unspecified atom stereocenters. The lowest BCUT2D eigenvalue weighted by Gasteiger charge is -2.36. The molecule has 0 saturated carbocycles. The van der Waals surface area contributed by atoms with Crippen molar-refractivity contribution in [1.29, 1.82) is 0 Å². The Kier molecular flexibility index (Phi) is 9.87. The van der Waals surface area contributed by atoms with E-state index in [0.717, 1.165) is 11.1 Å². The van der Waals surface area contributed by atoms with Crippen molar-refractivity contribution in [2.45, 2.75) is 51.7 Å². The summed E-state index contributed by atoms with van der Waals surface area (Å²) >= 11 is 0. The fraction of sp³-hybridized carbons (Fsp3) is 0.400. The monoisotopic (exact) mass is 454 g/mol. The van der Waals surface area contributed by atoms with Crippen LogP contribution in [0, 0.1) is 5.92 Å². The summed E-state index contributed by atoms with van der Waals surface area (Å²) in [5, 5.41) is 12.4. The number of amides is 3. The van der Waals surface area contributed by atoms with Gasteiger partial charge in [-0.15, -0.1) is 0 Å². The van der Waals surface area contributed by atoms with Gasteiger partial charge in [-0.05, 0) is 29.2 Å². The average molecular weight is 455 g/mol. The molecular weight excluding hydrogens is 420 g/mol. The van der Waals surface area contributed by atoms with Crippen molar-refractivity contribution in [2.24, 2.45) is 17.4 Å². The number of nitrogens with one attached hydrogen (secondary N) is 1. The number of hydrogen-bond donors (Lipinski definition) is 4. The third-order valence-electron chi connectivity index (χ3n) is 5.67. The fourth-order valence-electron chi connectivity index (χ4n) is 3.72. The SMILES string of the molecule is CC[C@H](C)[C@@H](C(N)=O)N(Cc1ccccc1)C(=O)[C@H](Cc1ccc(O)cc1)NC(=O)CCN. The van der Waals surface area contributed by atoms with E-state index in [-0.39, 0.29) is 43.5 Å². The molecular formula is C25H34N4O4. The van der Waals surface area contributed by atoms with Crippen molar-refractivity contribution in [2.75, 3.05) is 6.54 Å². The quantitative estimate of drug-likeness (QED) is 0.387. The number of aromatic hydroxyl groups is 1. The normalized spacial score (nSPS) is 13.5. The van der Waals surface area contributed by atoms with E-state index in [1.54, 1.807) is 12.1 Å². The maximum absolute atomic E-state index is 13.8. The number of phenolic OH excluding ortho intramolecular Hbond substituents is 1. The van der Waals surface area contributed by atoms with Crippen molar-refractivity contribution in [3.8, 4) is 5.75 Å². The van der Waals surface area contributed by atoms with Gasteiger partial charge in [0.25, 0.3) is 0 Å². The molecule has 2 aromatic carbocycles. The minimum atomic E-state index is -0.928. The van der Waals surface area contributed by atoms with E-state index in [1.807, 2.05) is 44.2 Å². The maximum Gasteiger partial charge on any atom is 0.246 e. The second-order valence-corrected chi connectivity index (χ2v) is 8.21. The van der Waals surface area contributed by atoms with Gasteiger partial charge >= 0.3 is 0 Å². The molecule has 2 rings (SSSR count). The summed E-state index contributed by atoms with van der Waals surface area (Å²) in [5.41, 5.74) is 12.9. The first kappa shape index (κ1) is 25.9. The summed E-state index contributed by atoms with van der Waals surface area (Å²) in [7, 11) is 0. The third kappa shape index (κ3) is 7.61. The minimum Gasteiger partial charge on any atom is -0.508 e. The summed E-state index contributed by atoms with van der Waals surface area (Å²) in [5.74, 6) is -1.42. The van der Waals surface area contributed by atoms with Crippen LogP contribution in [0.15, 0.2) is 54.6 Å². The lowest BCUT2D eigenvalue weighted by Crippen LogP contribution is -2.57. The molecule has 0 aliphatic rings. The van der Waals surface area contributed by atoms with Gasteiger partial charge < -0.3 is 26.8 Å². The molecule has 8 nitrogen and oxygen atoms in total. The Bertz CT molecular complexity index is 918. The van der Waals surface area contributed by atoms with E-state index in [0.29, 0.717) is 6.42 Å². The second-order valence-electron chi connectivity index (χ2n) is 8.21.